The van der Waals surface area contributed by atoms with Crippen LogP contribution in [-0.4, -0.2) is 21.5 Å². The molecule has 3 aromatic rings. The first-order valence-corrected chi connectivity index (χ1v) is 6.80. The number of aliphatic imine (C=N–C) groups is 1. The number of H-pyrrole nitrogens is 1. The van der Waals surface area contributed by atoms with E-state index in [2.05, 4.69) is 9.98 Å². The molecule has 0 bridgehead atoms. The minimum atomic E-state index is 0.00331. The van der Waals surface area contributed by atoms with E-state index in [1.54, 1.807) is 18.2 Å². The number of aromatic amines is 1. The van der Waals surface area contributed by atoms with Crippen molar-refractivity contribution >= 4 is 39.6 Å². The summed E-state index contributed by atoms with van der Waals surface area (Å²) in [5.74, 6) is 0.00331. The summed E-state index contributed by atoms with van der Waals surface area (Å²) in [6.07, 6.45) is 0. The Kier molecular flexibility index (Phi) is 2.43. The molecular formula is C16H10ClN3O. The number of hydrogen-bond acceptors (Lipinski definition) is 3. The van der Waals surface area contributed by atoms with Gasteiger partial charge in [-0.3, -0.25) is 5.41 Å². The van der Waals surface area contributed by atoms with Crippen molar-refractivity contribution in [3.63, 3.8) is 0 Å². The number of aromatic nitrogens is 1. The Bertz CT molecular complexity index is 940. The lowest BCUT2D eigenvalue weighted by atomic mass is 10.0. The Balaban J connectivity index is 1.99. The van der Waals surface area contributed by atoms with Gasteiger partial charge in [0, 0.05) is 21.5 Å². The zero-order valence-electron chi connectivity index (χ0n) is 10.8. The van der Waals surface area contributed by atoms with E-state index in [0.29, 0.717) is 22.0 Å². The number of fused-ring (bicyclic) bond motifs is 2. The molecule has 2 heterocycles. The zero-order valence-corrected chi connectivity index (χ0v) is 11.6. The molecule has 1 aromatic heterocycles. The molecule has 2 aromatic carbocycles. The second-order valence-electron chi connectivity index (χ2n) is 4.89. The zero-order chi connectivity index (χ0) is 14.6. The predicted octanol–water partition coefficient (Wildman–Crippen LogP) is 4.03. The minimum Gasteiger partial charge on any atom is -0.494 e. The molecule has 0 aliphatic carbocycles. The maximum absolute atomic E-state index is 10.2. The topological polar surface area (TPSA) is 72.2 Å². The van der Waals surface area contributed by atoms with Crippen LogP contribution in [0.2, 0.25) is 5.02 Å². The molecule has 0 saturated heterocycles. The molecule has 5 heteroatoms. The molecule has 0 saturated carbocycles. The van der Waals surface area contributed by atoms with E-state index in [0.717, 1.165) is 22.2 Å². The van der Waals surface area contributed by atoms with Gasteiger partial charge in [-0.05, 0) is 24.3 Å². The Hall–Kier alpha value is -2.59. The number of hydrogen-bond donors (Lipinski definition) is 3. The molecule has 0 unspecified atom stereocenters. The third-order valence-electron chi connectivity index (χ3n) is 3.62. The number of nitrogens with zero attached hydrogens (tertiary/aromatic N) is 1. The monoisotopic (exact) mass is 295 g/mol. The number of rotatable bonds is 1. The maximum atomic E-state index is 10.2. The third-order valence-corrected chi connectivity index (χ3v) is 3.86. The largest absolute Gasteiger partial charge is 0.494 e. The number of benzene rings is 2. The second-order valence-corrected chi connectivity index (χ2v) is 5.33. The van der Waals surface area contributed by atoms with Crippen molar-refractivity contribution in [1.82, 2.24) is 4.98 Å². The average molecular weight is 296 g/mol. The lowest BCUT2D eigenvalue weighted by Gasteiger charge is -2.01. The van der Waals surface area contributed by atoms with E-state index in [1.807, 2.05) is 24.3 Å². The second kappa shape index (κ2) is 4.20. The Morgan fingerprint density at radius 2 is 1.95 bits per heavy atom. The predicted molar refractivity (Wildman–Crippen MR) is 84.4 cm³/mol. The molecule has 0 amide bonds. The van der Waals surface area contributed by atoms with Gasteiger partial charge in [0.1, 0.15) is 5.71 Å². The standard InChI is InChI=1S/C16H10ClN3O/c17-8-5-6-12-10(7-8)13(16(21)20-12)15-14(18)9-3-1-2-4-11(9)19-15/h1-7,18,20-21H. The first-order chi connectivity index (χ1) is 10.1. The molecule has 4 nitrogen and oxygen atoms in total. The van der Waals surface area contributed by atoms with Gasteiger partial charge < -0.3 is 10.1 Å². The number of para-hydroxylation sites is 1. The van der Waals surface area contributed by atoms with Crippen molar-refractivity contribution in [2.24, 2.45) is 4.99 Å². The molecule has 0 atom stereocenters. The molecule has 0 radical (unpaired) electrons. The van der Waals surface area contributed by atoms with Crippen molar-refractivity contribution < 1.29 is 5.11 Å². The number of halogens is 1. The van der Waals surface area contributed by atoms with E-state index in [1.165, 1.54) is 0 Å². The number of nitrogens with one attached hydrogen (secondary N) is 2. The van der Waals surface area contributed by atoms with E-state index < -0.39 is 0 Å². The summed E-state index contributed by atoms with van der Waals surface area (Å²) >= 11 is 6.04. The Morgan fingerprint density at radius 1 is 1.14 bits per heavy atom. The summed E-state index contributed by atoms with van der Waals surface area (Å²) in [5, 5.41) is 19.8. The molecule has 102 valence electrons. The highest BCUT2D eigenvalue weighted by atomic mass is 35.5. The molecule has 21 heavy (non-hydrogen) atoms. The SMILES string of the molecule is N=C1C(c2c(O)[nH]c3ccc(Cl)cc23)=Nc2ccccc21. The van der Waals surface area contributed by atoms with Gasteiger partial charge in [-0.25, -0.2) is 4.99 Å². The third kappa shape index (κ3) is 1.69. The molecular weight excluding hydrogens is 286 g/mol. The van der Waals surface area contributed by atoms with Crippen LogP contribution in [-0.2, 0) is 0 Å². The van der Waals surface area contributed by atoms with Gasteiger partial charge in [0.2, 0.25) is 0 Å². The fourth-order valence-electron chi connectivity index (χ4n) is 2.66. The van der Waals surface area contributed by atoms with Crippen LogP contribution in [0.4, 0.5) is 5.69 Å². The van der Waals surface area contributed by atoms with Crippen LogP contribution in [0, 0.1) is 5.41 Å². The molecule has 0 fully saturated rings. The fourth-order valence-corrected chi connectivity index (χ4v) is 2.83. The van der Waals surface area contributed by atoms with Crippen molar-refractivity contribution in [1.29, 1.82) is 5.41 Å². The van der Waals surface area contributed by atoms with Gasteiger partial charge in [-0.15, -0.1) is 0 Å². The van der Waals surface area contributed by atoms with Gasteiger partial charge in [0.05, 0.1) is 17.0 Å². The Labute approximate surface area is 125 Å². The van der Waals surface area contributed by atoms with Gasteiger partial charge in [-0.1, -0.05) is 29.8 Å². The molecule has 1 aliphatic rings. The van der Waals surface area contributed by atoms with Crippen molar-refractivity contribution in [3.05, 3.63) is 58.6 Å². The van der Waals surface area contributed by atoms with Gasteiger partial charge in [0.15, 0.2) is 5.88 Å². The van der Waals surface area contributed by atoms with Crippen LogP contribution >= 0.6 is 11.6 Å². The average Bonchev–Trinajstić information content (AvgIpc) is 2.96. The maximum Gasteiger partial charge on any atom is 0.199 e. The van der Waals surface area contributed by atoms with E-state index in [9.17, 15) is 5.11 Å². The Morgan fingerprint density at radius 3 is 2.76 bits per heavy atom. The van der Waals surface area contributed by atoms with Gasteiger partial charge in [0.25, 0.3) is 0 Å². The first kappa shape index (κ1) is 12.2. The van der Waals surface area contributed by atoms with Gasteiger partial charge in [-0.2, -0.15) is 0 Å². The van der Waals surface area contributed by atoms with Crippen molar-refractivity contribution in [3.8, 4) is 5.88 Å². The first-order valence-electron chi connectivity index (χ1n) is 6.43. The van der Waals surface area contributed by atoms with Crippen molar-refractivity contribution in [2.45, 2.75) is 0 Å². The molecule has 0 spiro atoms. The summed E-state index contributed by atoms with van der Waals surface area (Å²) in [5.41, 5.74) is 3.56. The number of aromatic hydroxyl groups is 1. The lowest BCUT2D eigenvalue weighted by molar-refractivity contribution is 0.457. The highest BCUT2D eigenvalue weighted by Crippen LogP contribution is 2.35. The summed E-state index contributed by atoms with van der Waals surface area (Å²) < 4.78 is 0. The molecule has 1 aliphatic heterocycles. The van der Waals surface area contributed by atoms with Crippen LogP contribution in [0.5, 0.6) is 5.88 Å². The summed E-state index contributed by atoms with van der Waals surface area (Å²) in [4.78, 5) is 7.38. The summed E-state index contributed by atoms with van der Waals surface area (Å²) in [6.45, 7) is 0. The lowest BCUT2D eigenvalue weighted by Crippen LogP contribution is -2.10. The minimum absolute atomic E-state index is 0.00331. The van der Waals surface area contributed by atoms with E-state index in [4.69, 9.17) is 17.0 Å². The normalized spacial score (nSPS) is 13.6. The van der Waals surface area contributed by atoms with Gasteiger partial charge >= 0.3 is 0 Å². The summed E-state index contributed by atoms with van der Waals surface area (Å²) in [7, 11) is 0. The van der Waals surface area contributed by atoms with E-state index in [-0.39, 0.29) is 5.88 Å². The van der Waals surface area contributed by atoms with Crippen LogP contribution in [0.15, 0.2) is 47.5 Å². The van der Waals surface area contributed by atoms with Crippen LogP contribution < -0.4 is 0 Å². The fraction of sp³-hybridized carbons (Fsp3) is 0. The van der Waals surface area contributed by atoms with Crippen molar-refractivity contribution in [2.75, 3.05) is 0 Å². The highest BCUT2D eigenvalue weighted by Gasteiger charge is 2.27. The van der Waals surface area contributed by atoms with E-state index >= 15 is 0 Å². The molecule has 3 N–H and O–H groups in total. The molecule has 4 rings (SSSR count). The summed E-state index contributed by atoms with van der Waals surface area (Å²) in [6, 6.07) is 12.8. The van der Waals surface area contributed by atoms with Crippen LogP contribution in [0.1, 0.15) is 11.1 Å². The highest BCUT2D eigenvalue weighted by molar-refractivity contribution is 6.57. The van der Waals surface area contributed by atoms with Crippen LogP contribution in [0.25, 0.3) is 10.9 Å². The van der Waals surface area contributed by atoms with Crippen LogP contribution in [0.3, 0.4) is 0 Å². The quantitative estimate of drug-likeness (QED) is 0.623. The smallest absolute Gasteiger partial charge is 0.199 e.